The predicted molar refractivity (Wildman–Crippen MR) is 66.7 cm³/mol. The van der Waals surface area contributed by atoms with Gasteiger partial charge in [0.25, 0.3) is 5.89 Å². The van der Waals surface area contributed by atoms with Crippen LogP contribution in [0.1, 0.15) is 23.7 Å². The second-order valence-electron chi connectivity index (χ2n) is 3.77. The minimum atomic E-state index is -4.43. The Kier molecular flexibility index (Phi) is 3.87. The fourth-order valence-electron chi connectivity index (χ4n) is 1.37. The van der Waals surface area contributed by atoms with Gasteiger partial charge < -0.3 is 4.52 Å². The monoisotopic (exact) mass is 354 g/mol. The number of halogens is 5. The zero-order valence-corrected chi connectivity index (χ0v) is 11.8. The Labute approximate surface area is 119 Å². The van der Waals surface area contributed by atoms with E-state index in [0.29, 0.717) is 4.47 Å². The molecule has 0 spiro atoms. The molecule has 0 aliphatic carbocycles. The topological polar surface area (TPSA) is 38.9 Å². The summed E-state index contributed by atoms with van der Waals surface area (Å²) in [7, 11) is 0. The van der Waals surface area contributed by atoms with Crippen LogP contribution in [-0.2, 0) is 6.18 Å². The molecule has 0 fully saturated rings. The smallest absolute Gasteiger partial charge is 0.334 e. The average molecular weight is 356 g/mol. The molecule has 0 amide bonds. The van der Waals surface area contributed by atoms with Crippen molar-refractivity contribution in [1.82, 2.24) is 10.1 Å². The van der Waals surface area contributed by atoms with Crippen LogP contribution in [0.4, 0.5) is 13.2 Å². The molecule has 102 valence electrons. The third-order valence-corrected chi connectivity index (χ3v) is 3.21. The van der Waals surface area contributed by atoms with Gasteiger partial charge in [0.2, 0.25) is 0 Å². The summed E-state index contributed by atoms with van der Waals surface area (Å²) in [4.78, 5) is 3.96. The Morgan fingerprint density at radius 2 is 2.05 bits per heavy atom. The van der Waals surface area contributed by atoms with Crippen molar-refractivity contribution in [2.45, 2.75) is 18.5 Å². The van der Waals surface area contributed by atoms with E-state index in [9.17, 15) is 13.2 Å². The van der Waals surface area contributed by atoms with E-state index in [2.05, 4.69) is 26.1 Å². The molecule has 0 N–H and O–H groups in total. The minimum Gasteiger partial charge on any atom is -0.334 e. The summed E-state index contributed by atoms with van der Waals surface area (Å²) >= 11 is 8.92. The molecule has 0 radical (unpaired) electrons. The molecule has 1 aromatic carbocycles. The SMILES string of the molecule is CC(Cl)c1noc(-c2cc(C(F)(F)F)ccc2Br)n1. The van der Waals surface area contributed by atoms with E-state index in [1.807, 2.05) is 0 Å². The maximum atomic E-state index is 12.6. The van der Waals surface area contributed by atoms with Gasteiger partial charge in [0.15, 0.2) is 5.82 Å². The molecule has 1 atom stereocenters. The fourth-order valence-corrected chi connectivity index (χ4v) is 1.88. The summed E-state index contributed by atoms with van der Waals surface area (Å²) < 4.78 is 43.3. The summed E-state index contributed by atoms with van der Waals surface area (Å²) in [6.45, 7) is 1.64. The van der Waals surface area contributed by atoms with Gasteiger partial charge in [0.05, 0.1) is 16.5 Å². The lowest BCUT2D eigenvalue weighted by Crippen LogP contribution is -2.04. The van der Waals surface area contributed by atoms with E-state index >= 15 is 0 Å². The van der Waals surface area contributed by atoms with Gasteiger partial charge in [-0.2, -0.15) is 18.2 Å². The van der Waals surface area contributed by atoms with Gasteiger partial charge in [-0.05, 0) is 41.1 Å². The van der Waals surface area contributed by atoms with Crippen LogP contribution >= 0.6 is 27.5 Å². The number of hydrogen-bond donors (Lipinski definition) is 0. The summed E-state index contributed by atoms with van der Waals surface area (Å²) in [5.74, 6) is 0.210. The molecule has 1 unspecified atom stereocenters. The number of nitrogens with zero attached hydrogens (tertiary/aromatic N) is 2. The first kappa shape index (κ1) is 14.3. The van der Waals surface area contributed by atoms with Gasteiger partial charge in [0, 0.05) is 4.47 Å². The Bertz CT molecular complexity index is 598. The number of hydrogen-bond acceptors (Lipinski definition) is 3. The molecule has 8 heteroatoms. The lowest BCUT2D eigenvalue weighted by Gasteiger charge is -2.08. The molecule has 2 aromatic rings. The van der Waals surface area contributed by atoms with E-state index < -0.39 is 17.1 Å². The van der Waals surface area contributed by atoms with Gasteiger partial charge in [0.1, 0.15) is 0 Å². The third kappa shape index (κ3) is 3.09. The zero-order chi connectivity index (χ0) is 14.2. The van der Waals surface area contributed by atoms with E-state index in [-0.39, 0.29) is 17.3 Å². The van der Waals surface area contributed by atoms with Crippen molar-refractivity contribution < 1.29 is 17.7 Å². The molecule has 3 nitrogen and oxygen atoms in total. The molecule has 0 saturated carbocycles. The zero-order valence-electron chi connectivity index (χ0n) is 9.50. The van der Waals surface area contributed by atoms with Crippen molar-refractivity contribution in [3.05, 3.63) is 34.1 Å². The Balaban J connectivity index is 2.48. The number of alkyl halides is 4. The highest BCUT2D eigenvalue weighted by molar-refractivity contribution is 9.10. The van der Waals surface area contributed by atoms with Crippen molar-refractivity contribution in [2.24, 2.45) is 0 Å². The molecule has 0 aliphatic heterocycles. The average Bonchev–Trinajstić information content (AvgIpc) is 2.77. The molecule has 19 heavy (non-hydrogen) atoms. The van der Waals surface area contributed by atoms with E-state index in [4.69, 9.17) is 16.1 Å². The van der Waals surface area contributed by atoms with E-state index in [1.165, 1.54) is 6.07 Å². The standard InChI is InChI=1S/C11H7BrClF3N2O/c1-5(13)9-17-10(19-18-9)7-4-6(11(14,15)16)2-3-8(7)12/h2-5H,1H3. The van der Waals surface area contributed by atoms with Crippen LogP contribution in [0, 0.1) is 0 Å². The first-order chi connectivity index (χ1) is 8.79. The van der Waals surface area contributed by atoms with E-state index in [1.54, 1.807) is 6.92 Å². The van der Waals surface area contributed by atoms with Crippen molar-refractivity contribution in [1.29, 1.82) is 0 Å². The maximum Gasteiger partial charge on any atom is 0.416 e. The van der Waals surface area contributed by atoms with Crippen LogP contribution in [0.3, 0.4) is 0 Å². The molecule has 2 rings (SSSR count). The molecule has 1 aromatic heterocycles. The predicted octanol–water partition coefficient (Wildman–Crippen LogP) is 4.82. The van der Waals surface area contributed by atoms with Crippen LogP contribution in [-0.4, -0.2) is 10.1 Å². The highest BCUT2D eigenvalue weighted by atomic mass is 79.9. The second-order valence-corrected chi connectivity index (χ2v) is 5.28. The summed E-state index contributed by atoms with van der Waals surface area (Å²) in [5.41, 5.74) is -0.615. The molecule has 1 heterocycles. The number of benzene rings is 1. The van der Waals surface area contributed by atoms with Crippen LogP contribution in [0.5, 0.6) is 0 Å². The second kappa shape index (κ2) is 5.13. The number of aromatic nitrogens is 2. The van der Waals surface area contributed by atoms with Gasteiger partial charge in [-0.1, -0.05) is 5.16 Å². The third-order valence-electron chi connectivity index (χ3n) is 2.32. The van der Waals surface area contributed by atoms with Gasteiger partial charge in [-0.25, -0.2) is 0 Å². The van der Waals surface area contributed by atoms with Crippen molar-refractivity contribution in [3.63, 3.8) is 0 Å². The van der Waals surface area contributed by atoms with Crippen molar-refractivity contribution >= 4 is 27.5 Å². The highest BCUT2D eigenvalue weighted by Gasteiger charge is 2.31. The maximum absolute atomic E-state index is 12.6. The van der Waals surface area contributed by atoms with Crippen LogP contribution in [0.25, 0.3) is 11.5 Å². The van der Waals surface area contributed by atoms with Crippen LogP contribution < -0.4 is 0 Å². The lowest BCUT2D eigenvalue weighted by atomic mass is 10.1. The summed E-state index contributed by atoms with van der Waals surface area (Å²) in [5, 5.41) is 3.12. The Hall–Kier alpha value is -1.08. The lowest BCUT2D eigenvalue weighted by molar-refractivity contribution is -0.137. The molecular formula is C11H7BrClF3N2O. The Morgan fingerprint density at radius 3 is 2.58 bits per heavy atom. The quantitative estimate of drug-likeness (QED) is 0.725. The van der Waals surface area contributed by atoms with Crippen molar-refractivity contribution in [2.75, 3.05) is 0 Å². The van der Waals surface area contributed by atoms with E-state index in [0.717, 1.165) is 12.1 Å². The summed E-state index contributed by atoms with van der Waals surface area (Å²) in [6.07, 6.45) is -4.43. The van der Waals surface area contributed by atoms with Crippen LogP contribution in [0.15, 0.2) is 27.2 Å². The molecular weight excluding hydrogens is 348 g/mol. The molecule has 0 saturated heterocycles. The largest absolute Gasteiger partial charge is 0.416 e. The van der Waals surface area contributed by atoms with Crippen molar-refractivity contribution in [3.8, 4) is 11.5 Å². The Morgan fingerprint density at radius 1 is 1.37 bits per heavy atom. The van der Waals surface area contributed by atoms with Crippen LogP contribution in [0.2, 0.25) is 0 Å². The van der Waals surface area contributed by atoms with Gasteiger partial charge in [-0.15, -0.1) is 11.6 Å². The van der Waals surface area contributed by atoms with Gasteiger partial charge in [-0.3, -0.25) is 0 Å². The first-order valence-electron chi connectivity index (χ1n) is 5.14. The fraction of sp³-hybridized carbons (Fsp3) is 0.273. The molecule has 0 aliphatic rings. The number of rotatable bonds is 2. The highest BCUT2D eigenvalue weighted by Crippen LogP contribution is 2.35. The van der Waals surface area contributed by atoms with Gasteiger partial charge >= 0.3 is 6.18 Å². The summed E-state index contributed by atoms with van der Waals surface area (Å²) in [6, 6.07) is 3.20. The normalized spacial score (nSPS) is 13.6. The molecule has 0 bridgehead atoms. The first-order valence-corrected chi connectivity index (χ1v) is 6.37. The minimum absolute atomic E-state index is 0.0134.